The van der Waals surface area contributed by atoms with Gasteiger partial charge in [-0.15, -0.1) is 0 Å². The molecule has 142 valence electrons. The van der Waals surface area contributed by atoms with Gasteiger partial charge >= 0.3 is 5.63 Å². The fourth-order valence-electron chi connectivity index (χ4n) is 3.70. The summed E-state index contributed by atoms with van der Waals surface area (Å²) in [5, 5.41) is 0.909. The van der Waals surface area contributed by atoms with Gasteiger partial charge in [0.15, 0.2) is 0 Å². The van der Waals surface area contributed by atoms with Gasteiger partial charge in [-0.1, -0.05) is 12.1 Å². The Bertz CT molecular complexity index is 1450. The second kappa shape index (κ2) is 6.71. The number of benzene rings is 3. The summed E-state index contributed by atoms with van der Waals surface area (Å²) in [5.41, 5.74) is 6.13. The molecule has 29 heavy (non-hydrogen) atoms. The Kier molecular flexibility index (Phi) is 4.02. The van der Waals surface area contributed by atoms with Crippen LogP contribution < -0.4 is 14.9 Å². The van der Waals surface area contributed by atoms with Crippen molar-refractivity contribution >= 4 is 33.0 Å². The fraction of sp³-hybridized carbons (Fsp3) is 0.125. The van der Waals surface area contributed by atoms with Crippen LogP contribution in [0.4, 0.5) is 0 Å². The fourth-order valence-corrected chi connectivity index (χ4v) is 3.70. The highest BCUT2D eigenvalue weighted by Gasteiger charge is 2.13. The number of para-hydroxylation sites is 2. The van der Waals surface area contributed by atoms with Gasteiger partial charge in [-0.3, -0.25) is 0 Å². The van der Waals surface area contributed by atoms with Crippen LogP contribution in [0.1, 0.15) is 11.1 Å². The van der Waals surface area contributed by atoms with Gasteiger partial charge in [0.2, 0.25) is 11.0 Å². The monoisotopic (exact) mass is 383 g/mol. The summed E-state index contributed by atoms with van der Waals surface area (Å²) in [7, 11) is 2.05. The van der Waals surface area contributed by atoms with Crippen molar-refractivity contribution in [3.05, 3.63) is 88.3 Å². The molecule has 0 saturated heterocycles. The van der Waals surface area contributed by atoms with Gasteiger partial charge in [-0.05, 0) is 48.4 Å². The molecule has 5 nitrogen and oxygen atoms in total. The third-order valence-corrected chi connectivity index (χ3v) is 5.21. The van der Waals surface area contributed by atoms with E-state index in [1.165, 1.54) is 6.07 Å². The molecular formula is C24H19N2O3+. The van der Waals surface area contributed by atoms with Crippen molar-refractivity contribution in [2.75, 3.05) is 0 Å². The van der Waals surface area contributed by atoms with E-state index in [9.17, 15) is 4.79 Å². The first kappa shape index (κ1) is 17.4. The topological polar surface area (TPSA) is 56.2 Å². The summed E-state index contributed by atoms with van der Waals surface area (Å²) in [5.74, 6) is 0.656. The molecule has 0 saturated carbocycles. The van der Waals surface area contributed by atoms with Crippen molar-refractivity contribution in [3.8, 4) is 5.75 Å². The third-order valence-electron chi connectivity index (χ3n) is 5.21. The van der Waals surface area contributed by atoms with Crippen molar-refractivity contribution in [1.29, 1.82) is 0 Å². The molecule has 5 rings (SSSR count). The quantitative estimate of drug-likeness (QED) is 0.266. The molecule has 2 heterocycles. The van der Waals surface area contributed by atoms with Gasteiger partial charge in [0, 0.05) is 29.7 Å². The number of ether oxygens (including phenoxy) is 1. The highest BCUT2D eigenvalue weighted by Crippen LogP contribution is 2.23. The van der Waals surface area contributed by atoms with Gasteiger partial charge < -0.3 is 9.15 Å². The Labute approximate surface area is 166 Å². The van der Waals surface area contributed by atoms with E-state index < -0.39 is 0 Å². The predicted octanol–water partition coefficient (Wildman–Crippen LogP) is 4.21. The predicted molar refractivity (Wildman–Crippen MR) is 112 cm³/mol. The highest BCUT2D eigenvalue weighted by atomic mass is 16.5. The molecule has 0 bridgehead atoms. The molecule has 0 N–H and O–H groups in total. The molecule has 5 heteroatoms. The summed E-state index contributed by atoms with van der Waals surface area (Å²) in [6.45, 7) is 2.29. The van der Waals surface area contributed by atoms with E-state index in [1.54, 1.807) is 6.07 Å². The lowest BCUT2D eigenvalue weighted by atomic mass is 10.1. The molecule has 2 aromatic heterocycles. The number of fused-ring (bicyclic) bond motifs is 3. The van der Waals surface area contributed by atoms with Gasteiger partial charge in [0.1, 0.15) is 36.0 Å². The first-order valence-corrected chi connectivity index (χ1v) is 9.43. The Balaban J connectivity index is 1.47. The van der Waals surface area contributed by atoms with Crippen LogP contribution in [-0.2, 0) is 13.7 Å². The lowest BCUT2D eigenvalue weighted by Crippen LogP contribution is -2.30. The summed E-state index contributed by atoms with van der Waals surface area (Å²) >= 11 is 0. The zero-order chi connectivity index (χ0) is 20.0. The summed E-state index contributed by atoms with van der Waals surface area (Å²) < 4.78 is 13.4. The SMILES string of the molecule is Cc1cc(=O)oc2cc(OCc3ccc4c(c3)nc3ccccc3[n+]4C)ccc12. The molecule has 0 unspecified atom stereocenters. The largest absolute Gasteiger partial charge is 0.489 e. The van der Waals surface area contributed by atoms with Crippen molar-refractivity contribution in [2.45, 2.75) is 13.5 Å². The van der Waals surface area contributed by atoms with Crippen LogP contribution in [0.2, 0.25) is 0 Å². The highest BCUT2D eigenvalue weighted by molar-refractivity contribution is 5.82. The minimum absolute atomic E-state index is 0.354. The smallest absolute Gasteiger partial charge is 0.336 e. The summed E-state index contributed by atoms with van der Waals surface area (Å²) in [4.78, 5) is 16.4. The molecule has 0 spiro atoms. The standard InChI is InChI=1S/C24H19N2O3/c1-15-11-24(27)29-23-13-17(8-9-18(15)23)28-14-16-7-10-22-20(12-16)25-19-5-3-4-6-21(19)26(22)2/h3-13H,14H2,1-2H3/q+1. The second-order valence-electron chi connectivity index (χ2n) is 7.18. The number of aryl methyl sites for hydroxylation is 2. The van der Waals surface area contributed by atoms with Crippen LogP contribution in [0.5, 0.6) is 5.75 Å². The Morgan fingerprint density at radius 2 is 1.79 bits per heavy atom. The number of rotatable bonds is 3. The average molecular weight is 383 g/mol. The molecule has 0 atom stereocenters. The van der Waals surface area contributed by atoms with Gasteiger partial charge in [-0.2, -0.15) is 4.57 Å². The van der Waals surface area contributed by atoms with E-state index in [-0.39, 0.29) is 5.63 Å². The van der Waals surface area contributed by atoms with Crippen LogP contribution in [0.3, 0.4) is 0 Å². The van der Waals surface area contributed by atoms with Crippen molar-refractivity contribution in [3.63, 3.8) is 0 Å². The summed E-state index contributed by atoms with van der Waals surface area (Å²) in [6.07, 6.45) is 0. The Morgan fingerprint density at radius 3 is 2.69 bits per heavy atom. The minimum Gasteiger partial charge on any atom is -0.489 e. The lowest BCUT2D eigenvalue weighted by Gasteiger charge is -2.08. The van der Waals surface area contributed by atoms with Crippen LogP contribution in [0.15, 0.2) is 75.9 Å². The van der Waals surface area contributed by atoms with Crippen LogP contribution in [0, 0.1) is 6.92 Å². The van der Waals surface area contributed by atoms with Gasteiger partial charge in [-0.25, -0.2) is 9.78 Å². The van der Waals surface area contributed by atoms with Crippen molar-refractivity contribution < 1.29 is 13.7 Å². The Hall–Kier alpha value is -3.73. The number of aromatic nitrogens is 2. The third kappa shape index (κ3) is 3.10. The molecule has 0 radical (unpaired) electrons. The van der Waals surface area contributed by atoms with Crippen LogP contribution >= 0.6 is 0 Å². The maximum absolute atomic E-state index is 11.6. The molecular weight excluding hydrogens is 364 g/mol. The average Bonchev–Trinajstić information content (AvgIpc) is 2.72. The zero-order valence-electron chi connectivity index (χ0n) is 16.2. The lowest BCUT2D eigenvalue weighted by molar-refractivity contribution is -0.617. The maximum atomic E-state index is 11.6. The molecule has 5 aromatic rings. The van der Waals surface area contributed by atoms with Crippen LogP contribution in [-0.4, -0.2) is 4.98 Å². The van der Waals surface area contributed by atoms with E-state index in [0.717, 1.165) is 38.6 Å². The van der Waals surface area contributed by atoms with E-state index in [0.29, 0.717) is 17.9 Å². The molecule has 3 aromatic carbocycles. The normalized spacial score (nSPS) is 11.4. The minimum atomic E-state index is -0.354. The molecule has 0 fully saturated rings. The molecule has 0 aliphatic rings. The molecule has 0 aliphatic carbocycles. The number of nitrogens with zero attached hydrogens (tertiary/aromatic N) is 2. The van der Waals surface area contributed by atoms with Gasteiger partial charge in [0.05, 0.1) is 0 Å². The van der Waals surface area contributed by atoms with Crippen LogP contribution in [0.25, 0.3) is 33.0 Å². The van der Waals surface area contributed by atoms with E-state index in [2.05, 4.69) is 16.7 Å². The van der Waals surface area contributed by atoms with E-state index >= 15 is 0 Å². The molecule has 0 aliphatic heterocycles. The summed E-state index contributed by atoms with van der Waals surface area (Å²) in [6, 6.07) is 21.3. The van der Waals surface area contributed by atoms with E-state index in [4.69, 9.17) is 14.1 Å². The number of hydrogen-bond donors (Lipinski definition) is 0. The Morgan fingerprint density at radius 1 is 0.966 bits per heavy atom. The number of hydrogen-bond acceptors (Lipinski definition) is 4. The van der Waals surface area contributed by atoms with Gasteiger partial charge in [0.25, 0.3) is 0 Å². The van der Waals surface area contributed by atoms with Crippen molar-refractivity contribution in [2.24, 2.45) is 7.05 Å². The van der Waals surface area contributed by atoms with Crippen molar-refractivity contribution in [1.82, 2.24) is 4.98 Å². The first-order chi connectivity index (χ1) is 14.1. The maximum Gasteiger partial charge on any atom is 0.336 e. The second-order valence-corrected chi connectivity index (χ2v) is 7.18. The zero-order valence-corrected chi connectivity index (χ0v) is 16.2. The van der Waals surface area contributed by atoms with E-state index in [1.807, 2.05) is 56.4 Å². The molecule has 0 amide bonds. The first-order valence-electron chi connectivity index (χ1n) is 9.43.